The van der Waals surface area contributed by atoms with Crippen molar-refractivity contribution in [1.29, 1.82) is 0 Å². The second-order valence-electron chi connectivity index (χ2n) is 5.01. The third kappa shape index (κ3) is 3.31. The average molecular weight is 255 g/mol. The predicted molar refractivity (Wildman–Crippen MR) is 71.7 cm³/mol. The van der Waals surface area contributed by atoms with Crippen molar-refractivity contribution in [2.75, 3.05) is 23.4 Å². The minimum atomic E-state index is -0.594. The Morgan fingerprint density at radius 1 is 1.53 bits per heavy atom. The summed E-state index contributed by atoms with van der Waals surface area (Å²) < 4.78 is 13.6. The first-order valence-corrected chi connectivity index (χ1v) is 7.77. The number of aromatic nitrogens is 2. The molecule has 1 aliphatic rings. The number of rotatable bonds is 4. The van der Waals surface area contributed by atoms with Gasteiger partial charge in [-0.05, 0) is 18.8 Å². The Bertz CT molecular complexity index is 379. The van der Waals surface area contributed by atoms with E-state index in [1.54, 1.807) is 0 Å². The molecule has 2 rings (SSSR count). The Hall–Kier alpha value is -0.840. The maximum atomic E-state index is 11.3. The van der Waals surface area contributed by atoms with Gasteiger partial charge in [0.15, 0.2) is 0 Å². The van der Waals surface area contributed by atoms with E-state index in [0.717, 1.165) is 36.8 Å². The molecule has 5 heteroatoms. The highest BCUT2D eigenvalue weighted by molar-refractivity contribution is 7.85. The second-order valence-corrected chi connectivity index (χ2v) is 6.71. The van der Waals surface area contributed by atoms with Crippen molar-refractivity contribution in [3.05, 3.63) is 12.4 Å². The standard InChI is InChI=1S/C12H21N3OS/c1-10(2)9-14-12-13-5-6-15(12)11-3-7-17(16)8-4-11/h5-6,10-11H,3-4,7-9H2,1-2H3,(H,13,14). The van der Waals surface area contributed by atoms with Crippen molar-refractivity contribution in [3.63, 3.8) is 0 Å². The van der Waals surface area contributed by atoms with Gasteiger partial charge in [-0.15, -0.1) is 0 Å². The van der Waals surface area contributed by atoms with Gasteiger partial charge in [0, 0.05) is 47.3 Å². The van der Waals surface area contributed by atoms with E-state index < -0.39 is 10.8 Å². The summed E-state index contributed by atoms with van der Waals surface area (Å²) in [5.74, 6) is 3.22. The molecule has 96 valence electrons. The van der Waals surface area contributed by atoms with Crippen LogP contribution in [-0.4, -0.2) is 31.8 Å². The molecule has 1 saturated heterocycles. The molecule has 1 aliphatic heterocycles. The fraction of sp³-hybridized carbons (Fsp3) is 0.750. The number of hydrogen-bond acceptors (Lipinski definition) is 3. The van der Waals surface area contributed by atoms with Gasteiger partial charge >= 0.3 is 0 Å². The topological polar surface area (TPSA) is 46.9 Å². The third-order valence-corrected chi connectivity index (χ3v) is 4.47. The number of nitrogens with zero attached hydrogens (tertiary/aromatic N) is 2. The zero-order valence-electron chi connectivity index (χ0n) is 10.6. The molecule has 0 aliphatic carbocycles. The molecule has 1 aromatic heterocycles. The first-order valence-electron chi connectivity index (χ1n) is 6.28. The second kappa shape index (κ2) is 5.67. The highest BCUT2D eigenvalue weighted by atomic mass is 32.2. The maximum Gasteiger partial charge on any atom is 0.203 e. The van der Waals surface area contributed by atoms with Crippen molar-refractivity contribution in [2.24, 2.45) is 5.92 Å². The van der Waals surface area contributed by atoms with Crippen LogP contribution in [0.3, 0.4) is 0 Å². The third-order valence-electron chi connectivity index (χ3n) is 3.09. The van der Waals surface area contributed by atoms with Gasteiger partial charge in [0.05, 0.1) is 0 Å². The summed E-state index contributed by atoms with van der Waals surface area (Å²) in [6, 6.07) is 0.463. The lowest BCUT2D eigenvalue weighted by Crippen LogP contribution is -2.23. The summed E-state index contributed by atoms with van der Waals surface area (Å²) in [4.78, 5) is 4.36. The van der Waals surface area contributed by atoms with Crippen molar-refractivity contribution >= 4 is 16.7 Å². The summed E-state index contributed by atoms with van der Waals surface area (Å²) in [5, 5.41) is 3.38. The van der Waals surface area contributed by atoms with Crippen LogP contribution in [0, 0.1) is 5.92 Å². The lowest BCUT2D eigenvalue weighted by Gasteiger charge is -2.24. The largest absolute Gasteiger partial charge is 0.355 e. The quantitative estimate of drug-likeness (QED) is 0.895. The van der Waals surface area contributed by atoms with Crippen LogP contribution >= 0.6 is 0 Å². The molecule has 0 aromatic carbocycles. The Kier molecular flexibility index (Phi) is 4.20. The van der Waals surface area contributed by atoms with Crippen molar-refractivity contribution in [1.82, 2.24) is 9.55 Å². The van der Waals surface area contributed by atoms with Crippen molar-refractivity contribution in [2.45, 2.75) is 32.7 Å². The molecule has 17 heavy (non-hydrogen) atoms. The molecule has 0 bridgehead atoms. The van der Waals surface area contributed by atoms with E-state index in [4.69, 9.17) is 0 Å². The van der Waals surface area contributed by atoms with Gasteiger partial charge in [-0.2, -0.15) is 0 Å². The minimum Gasteiger partial charge on any atom is -0.355 e. The van der Waals surface area contributed by atoms with Crippen LogP contribution in [-0.2, 0) is 10.8 Å². The first-order chi connectivity index (χ1) is 8.16. The molecule has 1 aromatic rings. The molecule has 0 saturated carbocycles. The van der Waals surface area contributed by atoms with E-state index >= 15 is 0 Å². The SMILES string of the molecule is CC(C)CNc1nccn1C1CCS(=O)CC1. The number of anilines is 1. The Morgan fingerprint density at radius 3 is 2.88 bits per heavy atom. The summed E-state index contributed by atoms with van der Waals surface area (Å²) >= 11 is 0. The van der Waals surface area contributed by atoms with E-state index in [0.29, 0.717) is 12.0 Å². The van der Waals surface area contributed by atoms with Crippen LogP contribution in [0.5, 0.6) is 0 Å². The molecule has 4 nitrogen and oxygen atoms in total. The monoisotopic (exact) mass is 255 g/mol. The molecule has 0 spiro atoms. The molecular formula is C12H21N3OS. The maximum absolute atomic E-state index is 11.3. The summed E-state index contributed by atoms with van der Waals surface area (Å²) in [7, 11) is -0.594. The van der Waals surface area contributed by atoms with Crippen molar-refractivity contribution in [3.8, 4) is 0 Å². The Morgan fingerprint density at radius 2 is 2.24 bits per heavy atom. The highest BCUT2D eigenvalue weighted by Crippen LogP contribution is 2.25. The fourth-order valence-corrected chi connectivity index (χ4v) is 3.37. The fourth-order valence-electron chi connectivity index (χ4n) is 2.10. The first kappa shape index (κ1) is 12.6. The zero-order chi connectivity index (χ0) is 12.3. The molecule has 1 fully saturated rings. The number of nitrogens with one attached hydrogen (secondary N) is 1. The summed E-state index contributed by atoms with van der Waals surface area (Å²) in [5.41, 5.74) is 0. The van der Waals surface area contributed by atoms with Gasteiger partial charge in [-0.3, -0.25) is 4.21 Å². The molecular weight excluding hydrogens is 234 g/mol. The van der Waals surface area contributed by atoms with Crippen LogP contribution in [0.15, 0.2) is 12.4 Å². The smallest absolute Gasteiger partial charge is 0.203 e. The van der Waals surface area contributed by atoms with Gasteiger partial charge in [-0.25, -0.2) is 4.98 Å². The summed E-state index contributed by atoms with van der Waals surface area (Å²) in [6.45, 7) is 5.31. The molecule has 1 N–H and O–H groups in total. The zero-order valence-corrected chi connectivity index (χ0v) is 11.4. The van der Waals surface area contributed by atoms with Crippen LogP contribution < -0.4 is 5.32 Å². The van der Waals surface area contributed by atoms with Crippen molar-refractivity contribution < 1.29 is 4.21 Å². The molecule has 0 radical (unpaired) electrons. The summed E-state index contributed by atoms with van der Waals surface area (Å²) in [6.07, 6.45) is 5.87. The van der Waals surface area contributed by atoms with Gasteiger partial charge in [0.25, 0.3) is 0 Å². The van der Waals surface area contributed by atoms with Gasteiger partial charge in [-0.1, -0.05) is 13.8 Å². The molecule has 0 unspecified atom stereocenters. The van der Waals surface area contributed by atoms with E-state index in [-0.39, 0.29) is 0 Å². The normalized spacial score (nSPS) is 25.1. The van der Waals surface area contributed by atoms with Crippen LogP contribution in [0.4, 0.5) is 5.95 Å². The number of imidazole rings is 1. The van der Waals surface area contributed by atoms with Gasteiger partial charge in [0.2, 0.25) is 5.95 Å². The van der Waals surface area contributed by atoms with Gasteiger partial charge in [0.1, 0.15) is 0 Å². The van der Waals surface area contributed by atoms with Crippen LogP contribution in [0.25, 0.3) is 0 Å². The van der Waals surface area contributed by atoms with Gasteiger partial charge < -0.3 is 9.88 Å². The predicted octanol–water partition coefficient (Wildman–Crippen LogP) is 2.03. The Labute approximate surface area is 105 Å². The van der Waals surface area contributed by atoms with E-state index in [2.05, 4.69) is 28.7 Å². The van der Waals surface area contributed by atoms with Crippen LogP contribution in [0.1, 0.15) is 32.7 Å². The lowest BCUT2D eigenvalue weighted by atomic mass is 10.1. The average Bonchev–Trinajstić information content (AvgIpc) is 2.75. The van der Waals surface area contributed by atoms with E-state index in [1.807, 2.05) is 12.4 Å². The lowest BCUT2D eigenvalue weighted by molar-refractivity contribution is 0.465. The Balaban J connectivity index is 2.00. The highest BCUT2D eigenvalue weighted by Gasteiger charge is 2.21. The molecule has 2 heterocycles. The minimum absolute atomic E-state index is 0.463. The van der Waals surface area contributed by atoms with Crippen LogP contribution in [0.2, 0.25) is 0 Å². The molecule has 0 atom stereocenters. The van der Waals surface area contributed by atoms with E-state index in [9.17, 15) is 4.21 Å². The van der Waals surface area contributed by atoms with E-state index in [1.165, 1.54) is 0 Å². The number of hydrogen-bond donors (Lipinski definition) is 1. The molecule has 0 amide bonds.